The van der Waals surface area contributed by atoms with Gasteiger partial charge in [0.05, 0.1) is 0 Å². The molecule has 0 N–H and O–H groups in total. The van der Waals surface area contributed by atoms with Crippen molar-refractivity contribution < 1.29 is 17.3 Å². The molecule has 0 saturated heterocycles. The van der Waals surface area contributed by atoms with Crippen LogP contribution in [0.25, 0.3) is 0 Å². The van der Waals surface area contributed by atoms with Crippen LogP contribution in [0, 0.1) is 0 Å². The molecule has 2 aliphatic carbocycles. The Balaban J connectivity index is 0.000000422. The van der Waals surface area contributed by atoms with Crippen LogP contribution in [0.15, 0.2) is 0 Å². The average Bonchev–Trinajstić information content (AvgIpc) is 2.38. The van der Waals surface area contributed by atoms with Crippen LogP contribution in [0.1, 0.15) is 85.0 Å². The van der Waals surface area contributed by atoms with Gasteiger partial charge in [-0.1, -0.05) is 67.2 Å². The lowest BCUT2D eigenvalue weighted by Crippen LogP contribution is -2.30. The third kappa shape index (κ3) is 8.18. The molecule has 6 heteroatoms. The van der Waals surface area contributed by atoms with Crippen LogP contribution in [0.3, 0.4) is 0 Å². The lowest BCUT2D eigenvalue weighted by atomic mass is 9.99. The van der Waals surface area contributed by atoms with Gasteiger partial charge in [0.25, 0.3) is 0 Å². The lowest BCUT2D eigenvalue weighted by Gasteiger charge is -2.46. The van der Waals surface area contributed by atoms with Crippen molar-refractivity contribution in [1.29, 1.82) is 0 Å². The van der Waals surface area contributed by atoms with Crippen LogP contribution in [0.2, 0.25) is 0 Å². The highest BCUT2D eigenvalue weighted by Gasteiger charge is 2.38. The summed E-state index contributed by atoms with van der Waals surface area (Å²) in [4.78, 5) is 0. The minimum atomic E-state index is -6.00. The highest BCUT2D eigenvalue weighted by Crippen LogP contribution is 2.63. The van der Waals surface area contributed by atoms with E-state index in [0.29, 0.717) is 5.16 Å². The van der Waals surface area contributed by atoms with Gasteiger partial charge in [0.2, 0.25) is 0 Å². The fourth-order valence-electron chi connectivity index (χ4n) is 4.11. The molecular formula is C16H31BF4P-. The van der Waals surface area contributed by atoms with Crippen molar-refractivity contribution in [3.05, 3.63) is 0 Å². The van der Waals surface area contributed by atoms with Crippen LogP contribution in [0.4, 0.5) is 17.3 Å². The molecule has 0 amide bonds. The summed E-state index contributed by atoms with van der Waals surface area (Å²) in [5.41, 5.74) is 2.23. The van der Waals surface area contributed by atoms with Crippen molar-refractivity contribution in [2.24, 2.45) is 0 Å². The molecule has 0 nitrogen and oxygen atoms in total. The smallest absolute Gasteiger partial charge is 0.418 e. The number of hydrogen-bond acceptors (Lipinski definition) is 0. The van der Waals surface area contributed by atoms with E-state index in [-0.39, 0.29) is 7.92 Å². The molecule has 0 unspecified atom stereocenters. The van der Waals surface area contributed by atoms with E-state index in [4.69, 9.17) is 0 Å². The van der Waals surface area contributed by atoms with Gasteiger partial charge in [0.1, 0.15) is 0 Å². The summed E-state index contributed by atoms with van der Waals surface area (Å²) in [6, 6.07) is 0. The van der Waals surface area contributed by atoms with Crippen LogP contribution >= 0.6 is 7.92 Å². The van der Waals surface area contributed by atoms with Crippen LogP contribution in [-0.4, -0.2) is 23.7 Å². The largest absolute Gasteiger partial charge is 0.673 e. The predicted molar refractivity (Wildman–Crippen MR) is 90.6 cm³/mol. The van der Waals surface area contributed by atoms with E-state index in [1.807, 2.05) is 0 Å². The van der Waals surface area contributed by atoms with E-state index in [1.165, 1.54) is 38.5 Å². The second-order valence-electron chi connectivity index (χ2n) is 7.66. The quantitative estimate of drug-likeness (QED) is 0.282. The molecule has 2 fully saturated rings. The van der Waals surface area contributed by atoms with E-state index >= 15 is 0 Å². The average molecular weight is 341 g/mol. The van der Waals surface area contributed by atoms with E-state index in [1.54, 1.807) is 25.7 Å². The standard InChI is InChI=1S/C16H31P.BF4/c1-16(2,3)17(14-10-6-4-7-11-14)15-12-8-5-9-13-15;2-1(3,4)5/h14-15H,4-13H2,1-3H3;/q;-1. The first kappa shape index (κ1) is 20.3. The predicted octanol–water partition coefficient (Wildman–Crippen LogP) is 7.23. The van der Waals surface area contributed by atoms with Crippen LogP contribution in [-0.2, 0) is 0 Å². The van der Waals surface area contributed by atoms with Gasteiger partial charge in [-0.15, -0.1) is 0 Å². The van der Waals surface area contributed by atoms with Gasteiger partial charge in [-0.3, -0.25) is 0 Å². The van der Waals surface area contributed by atoms with Gasteiger partial charge in [0, 0.05) is 0 Å². The lowest BCUT2D eigenvalue weighted by molar-refractivity contribution is 0.368. The first-order valence-electron chi connectivity index (χ1n) is 8.75. The molecule has 2 saturated carbocycles. The van der Waals surface area contributed by atoms with Gasteiger partial charge in [-0.2, -0.15) is 0 Å². The summed E-state index contributed by atoms with van der Waals surface area (Å²) < 4.78 is 39.0. The molecule has 0 bridgehead atoms. The summed E-state index contributed by atoms with van der Waals surface area (Å²) in [6.45, 7) is 7.59. The Hall–Kier alpha value is 0.215. The minimum Gasteiger partial charge on any atom is -0.418 e. The fraction of sp³-hybridized carbons (Fsp3) is 1.00. The van der Waals surface area contributed by atoms with Gasteiger partial charge in [-0.05, 0) is 42.2 Å². The first-order chi connectivity index (χ1) is 10.1. The Labute approximate surface area is 134 Å². The highest BCUT2D eigenvalue weighted by molar-refractivity contribution is 7.60. The van der Waals surface area contributed by atoms with E-state index in [2.05, 4.69) is 20.8 Å². The second kappa shape index (κ2) is 8.90. The van der Waals surface area contributed by atoms with Crippen molar-refractivity contribution in [1.82, 2.24) is 0 Å². The summed E-state index contributed by atoms with van der Waals surface area (Å²) in [6.07, 6.45) is 15.3. The monoisotopic (exact) mass is 341 g/mol. The Morgan fingerprint density at radius 2 is 0.955 bits per heavy atom. The fourth-order valence-corrected chi connectivity index (χ4v) is 8.74. The molecule has 0 atom stereocenters. The molecule has 132 valence electrons. The van der Waals surface area contributed by atoms with Crippen molar-refractivity contribution in [3.8, 4) is 0 Å². The zero-order chi connectivity index (χ0) is 16.8. The Bertz CT molecular complexity index is 278. The van der Waals surface area contributed by atoms with Crippen LogP contribution in [0.5, 0.6) is 0 Å². The van der Waals surface area contributed by atoms with Gasteiger partial charge < -0.3 is 17.3 Å². The highest BCUT2D eigenvalue weighted by atomic mass is 31.1. The minimum absolute atomic E-state index is 0.262. The Kier molecular flexibility index (Phi) is 8.19. The molecule has 0 radical (unpaired) electrons. The van der Waals surface area contributed by atoms with E-state index in [0.717, 1.165) is 11.3 Å². The second-order valence-corrected chi connectivity index (χ2v) is 11.3. The Morgan fingerprint density at radius 3 is 1.18 bits per heavy atom. The van der Waals surface area contributed by atoms with Crippen molar-refractivity contribution in [2.45, 2.75) is 101 Å². The maximum atomic E-state index is 9.75. The van der Waals surface area contributed by atoms with Crippen molar-refractivity contribution in [2.75, 3.05) is 0 Å². The van der Waals surface area contributed by atoms with Crippen LogP contribution < -0.4 is 0 Å². The molecule has 0 aromatic heterocycles. The summed E-state index contributed by atoms with van der Waals surface area (Å²) in [5.74, 6) is 0. The third-order valence-electron chi connectivity index (χ3n) is 4.71. The molecule has 0 aromatic rings. The summed E-state index contributed by atoms with van der Waals surface area (Å²) >= 11 is 0. The molecule has 2 rings (SSSR count). The maximum Gasteiger partial charge on any atom is 0.673 e. The summed E-state index contributed by atoms with van der Waals surface area (Å²) in [5, 5.41) is 0.597. The topological polar surface area (TPSA) is 0 Å². The molecule has 0 heterocycles. The van der Waals surface area contributed by atoms with Gasteiger partial charge in [0.15, 0.2) is 0 Å². The first-order valence-corrected chi connectivity index (χ1v) is 10.2. The van der Waals surface area contributed by atoms with E-state index < -0.39 is 7.25 Å². The normalized spacial score (nSPS) is 22.4. The van der Waals surface area contributed by atoms with Crippen molar-refractivity contribution in [3.63, 3.8) is 0 Å². The zero-order valence-electron chi connectivity index (χ0n) is 14.3. The number of halogens is 4. The summed E-state index contributed by atoms with van der Waals surface area (Å²) in [7, 11) is -5.74. The van der Waals surface area contributed by atoms with Crippen molar-refractivity contribution >= 4 is 15.2 Å². The van der Waals surface area contributed by atoms with E-state index in [9.17, 15) is 17.3 Å². The SMILES string of the molecule is CC(C)(C)P(C1CCCCC1)C1CCCCC1.F[B-](F)(F)F. The number of rotatable bonds is 2. The van der Waals surface area contributed by atoms with Gasteiger partial charge in [-0.25, -0.2) is 0 Å². The zero-order valence-corrected chi connectivity index (χ0v) is 15.2. The molecule has 0 spiro atoms. The van der Waals surface area contributed by atoms with Gasteiger partial charge >= 0.3 is 7.25 Å². The molecule has 0 aliphatic heterocycles. The molecule has 0 aromatic carbocycles. The number of hydrogen-bond donors (Lipinski definition) is 0. The third-order valence-corrected chi connectivity index (χ3v) is 8.87. The Morgan fingerprint density at radius 1 is 0.682 bits per heavy atom. The molecule has 2 aliphatic rings. The molecule has 22 heavy (non-hydrogen) atoms. The molecular weight excluding hydrogens is 310 g/mol. The maximum absolute atomic E-state index is 9.75.